The maximum absolute atomic E-state index is 2.51. The fraction of sp³-hybridized carbons (Fsp3) is 0.250. The Morgan fingerprint density at radius 2 is 1.56 bits per heavy atom. The molecule has 1 nitrogen and oxygen atoms in total. The van der Waals surface area contributed by atoms with Crippen LogP contribution in [0.25, 0.3) is 32.8 Å². The van der Waals surface area contributed by atoms with Gasteiger partial charge in [0.2, 0.25) is 0 Å². The smallest absolute Gasteiger partial charge is 1.00 e. The number of aromatic nitrogens is 1. The SMILES string of the molecule is CC1=C2c3c(ccn3-c3ccccc3)C1[Si]2(C)C.CCCCc1ccc(-c2cccc3[cH-]c(C)cc23)cc1.[Cl-].[Cl-].[Zr+3]. The summed E-state index contributed by atoms with van der Waals surface area (Å²) in [5, 5.41) is 4.41. The van der Waals surface area contributed by atoms with Crippen molar-refractivity contribution < 1.29 is 51.0 Å². The van der Waals surface area contributed by atoms with Crippen molar-refractivity contribution in [3.8, 4) is 16.8 Å². The number of fused-ring (bicyclic) bond motifs is 1. The molecule has 4 aromatic carbocycles. The van der Waals surface area contributed by atoms with Gasteiger partial charge >= 0.3 is 26.2 Å². The van der Waals surface area contributed by atoms with Crippen molar-refractivity contribution in [2.75, 3.05) is 0 Å². The van der Waals surface area contributed by atoms with Crippen LogP contribution in [0.15, 0.2) is 103 Å². The van der Waals surface area contributed by atoms with Gasteiger partial charge in [-0.25, -0.2) is 0 Å². The van der Waals surface area contributed by atoms with Crippen molar-refractivity contribution in [3.63, 3.8) is 0 Å². The maximum atomic E-state index is 2.51. The Bertz CT molecular complexity index is 1640. The molecule has 0 N–H and O–H groups in total. The molecule has 0 amide bonds. The Morgan fingerprint density at radius 1 is 0.854 bits per heavy atom. The minimum Gasteiger partial charge on any atom is -1.00 e. The van der Waals surface area contributed by atoms with Gasteiger partial charge in [-0.2, -0.15) is 6.07 Å². The molecule has 2 bridgehead atoms. The first-order valence-corrected chi connectivity index (χ1v) is 17.2. The molecule has 0 fully saturated rings. The summed E-state index contributed by atoms with van der Waals surface area (Å²) in [5.41, 5.74) is 12.3. The van der Waals surface area contributed by atoms with Crippen molar-refractivity contribution in [1.82, 2.24) is 4.57 Å². The molecule has 209 valence electrons. The number of hydrogen-bond acceptors (Lipinski definition) is 0. The van der Waals surface area contributed by atoms with Crippen molar-refractivity contribution in [1.29, 1.82) is 0 Å². The van der Waals surface area contributed by atoms with E-state index < -0.39 is 8.07 Å². The first-order valence-electron chi connectivity index (χ1n) is 14.1. The molecule has 1 radical (unpaired) electrons. The number of benzene rings is 3. The zero-order valence-corrected chi connectivity index (χ0v) is 29.6. The summed E-state index contributed by atoms with van der Waals surface area (Å²) < 4.78 is 2.38. The minimum atomic E-state index is -1.17. The zero-order valence-electron chi connectivity index (χ0n) is 24.6. The number of unbranched alkanes of at least 4 members (excludes halogenated alkanes) is 1. The van der Waals surface area contributed by atoms with E-state index in [2.05, 4.69) is 136 Å². The molecule has 1 aromatic heterocycles. The molecular weight excluding hydrogens is 637 g/mol. The second-order valence-electron chi connectivity index (χ2n) is 11.7. The number of para-hydroxylation sites is 1. The molecule has 3 aliphatic rings. The number of aryl methyl sites for hydroxylation is 2. The number of halogens is 2. The average Bonchev–Trinajstić information content (AvgIpc) is 3.64. The van der Waals surface area contributed by atoms with Crippen molar-refractivity contribution in [3.05, 3.63) is 125 Å². The average molecular weight is 675 g/mol. The maximum Gasteiger partial charge on any atom is 3.00 e. The second kappa shape index (κ2) is 13.5. The first-order chi connectivity index (χ1) is 18.4. The summed E-state index contributed by atoms with van der Waals surface area (Å²) >= 11 is 0. The van der Waals surface area contributed by atoms with Crippen LogP contribution in [0.3, 0.4) is 0 Å². The summed E-state index contributed by atoms with van der Waals surface area (Å²) in [4.78, 5) is 0. The van der Waals surface area contributed by atoms with Crippen molar-refractivity contribution in [2.24, 2.45) is 0 Å². The van der Waals surface area contributed by atoms with Crippen LogP contribution >= 0.6 is 0 Å². The van der Waals surface area contributed by atoms with Crippen molar-refractivity contribution in [2.45, 2.75) is 58.7 Å². The Labute approximate surface area is 278 Å². The van der Waals surface area contributed by atoms with E-state index >= 15 is 0 Å². The zero-order chi connectivity index (χ0) is 26.4. The minimum absolute atomic E-state index is 0. The molecule has 5 aromatic rings. The van der Waals surface area contributed by atoms with Crippen LogP contribution in [0.5, 0.6) is 0 Å². The molecule has 3 heterocycles. The van der Waals surface area contributed by atoms with Crippen LogP contribution in [0.4, 0.5) is 0 Å². The fourth-order valence-electron chi connectivity index (χ4n) is 6.99. The van der Waals surface area contributed by atoms with E-state index in [4.69, 9.17) is 0 Å². The summed E-state index contributed by atoms with van der Waals surface area (Å²) in [6.45, 7) is 11.8. The van der Waals surface area contributed by atoms with Crippen LogP contribution in [-0.2, 0) is 32.6 Å². The molecule has 1 atom stereocenters. The molecular formula is C36H38Cl2NSiZr. The molecule has 0 saturated heterocycles. The van der Waals surface area contributed by atoms with Gasteiger partial charge in [0.15, 0.2) is 0 Å². The Morgan fingerprint density at radius 3 is 2.22 bits per heavy atom. The van der Waals surface area contributed by atoms with Gasteiger partial charge in [0.25, 0.3) is 0 Å². The van der Waals surface area contributed by atoms with Gasteiger partial charge in [0.1, 0.15) is 0 Å². The number of rotatable bonds is 5. The summed E-state index contributed by atoms with van der Waals surface area (Å²) in [6.07, 6.45) is 5.96. The molecule has 8 rings (SSSR count). The second-order valence-corrected chi connectivity index (χ2v) is 16.2. The third-order valence-electron chi connectivity index (χ3n) is 8.67. The van der Waals surface area contributed by atoms with Crippen molar-refractivity contribution >= 4 is 24.0 Å². The van der Waals surface area contributed by atoms with Gasteiger partial charge in [-0.15, -0.1) is 34.5 Å². The van der Waals surface area contributed by atoms with E-state index in [0.29, 0.717) is 0 Å². The van der Waals surface area contributed by atoms with E-state index in [1.54, 1.807) is 16.3 Å². The van der Waals surface area contributed by atoms with Gasteiger partial charge in [0.05, 0.1) is 8.07 Å². The number of hydrogen-bond donors (Lipinski definition) is 0. The monoisotopic (exact) mass is 672 g/mol. The Kier molecular flexibility index (Phi) is 11.0. The van der Waals surface area contributed by atoms with Gasteiger partial charge in [-0.05, 0) is 59.9 Å². The molecule has 1 aliphatic carbocycles. The van der Waals surface area contributed by atoms with Crippen LogP contribution in [0.2, 0.25) is 13.1 Å². The topological polar surface area (TPSA) is 4.93 Å². The van der Waals surface area contributed by atoms with Crippen LogP contribution in [0.1, 0.15) is 54.6 Å². The molecule has 5 heteroatoms. The Hall–Kier alpha value is -2.03. The third-order valence-corrected chi connectivity index (χ3v) is 12.8. The van der Waals surface area contributed by atoms with Gasteiger partial charge in [-0.3, -0.25) is 0 Å². The largest absolute Gasteiger partial charge is 3.00 e. The van der Waals surface area contributed by atoms with E-state index in [0.717, 1.165) is 5.54 Å². The molecule has 41 heavy (non-hydrogen) atoms. The van der Waals surface area contributed by atoms with E-state index in [1.165, 1.54) is 63.7 Å². The van der Waals surface area contributed by atoms with Crippen LogP contribution < -0.4 is 24.8 Å². The summed E-state index contributed by atoms with van der Waals surface area (Å²) in [6, 6.07) is 33.2. The summed E-state index contributed by atoms with van der Waals surface area (Å²) in [7, 11) is -1.17. The van der Waals surface area contributed by atoms with Crippen LogP contribution in [0, 0.1) is 6.92 Å². The van der Waals surface area contributed by atoms with Gasteiger partial charge in [-0.1, -0.05) is 93.0 Å². The van der Waals surface area contributed by atoms with E-state index in [-0.39, 0.29) is 51.0 Å². The molecule has 0 spiro atoms. The molecule has 0 saturated carbocycles. The fourth-order valence-corrected chi connectivity index (χ4v) is 11.3. The normalized spacial score (nSPS) is 15.5. The predicted molar refractivity (Wildman–Crippen MR) is 167 cm³/mol. The number of nitrogens with zero attached hydrogens (tertiary/aromatic N) is 1. The Balaban J connectivity index is 0.000000211. The van der Waals surface area contributed by atoms with Gasteiger partial charge in [0, 0.05) is 23.1 Å². The van der Waals surface area contributed by atoms with Gasteiger partial charge < -0.3 is 29.4 Å². The first kappa shape index (κ1) is 33.5. The number of allylic oxidation sites excluding steroid dienone is 1. The third kappa shape index (κ3) is 5.94. The standard InChI is InChI=1S/C20H21.C16H17NSi.2ClH.Zr/c1-3-4-6-16-9-11-17(12-10-16)19-8-5-7-18-13-15(2)14-20(18)19;1-11-15-13-9-10-17(12-7-5-4-6-8-12)14(13)16(11)18(15,2)3;;;/h5,7-14H,3-4,6H2,1-2H3;4-10,15H,1-3H3;2*1H;/q-1;;;;+3/p-2. The van der Waals surface area contributed by atoms with Crippen LogP contribution in [-0.4, -0.2) is 12.6 Å². The predicted octanol–water partition coefficient (Wildman–Crippen LogP) is 4.03. The molecule has 2 aliphatic heterocycles. The summed E-state index contributed by atoms with van der Waals surface area (Å²) in [5.74, 6) is 0. The van der Waals surface area contributed by atoms with E-state index in [1.807, 2.05) is 0 Å². The molecule has 1 unspecified atom stereocenters. The van der Waals surface area contributed by atoms with E-state index in [9.17, 15) is 0 Å². The quantitative estimate of drug-likeness (QED) is 0.196.